The van der Waals surface area contributed by atoms with Crippen LogP contribution in [0.2, 0.25) is 6.55 Å². The summed E-state index contributed by atoms with van der Waals surface area (Å²) in [7, 11) is -0.259. The van der Waals surface area contributed by atoms with Gasteiger partial charge in [-0.1, -0.05) is 13.1 Å². The lowest BCUT2D eigenvalue weighted by atomic mass is 10.2. The van der Waals surface area contributed by atoms with Crippen LogP contribution < -0.4 is 0 Å². The van der Waals surface area contributed by atoms with Gasteiger partial charge in [0.05, 0.1) is 15.7 Å². The SMILES string of the molecule is C=C(C)C(=O)CC(=O)OC[SiH2]C. The molecular formula is C8H14O3Si. The van der Waals surface area contributed by atoms with Crippen LogP contribution in [0.4, 0.5) is 0 Å². The number of esters is 1. The third kappa shape index (κ3) is 4.84. The molecular weight excluding hydrogens is 172 g/mol. The second-order valence-electron chi connectivity index (χ2n) is 2.60. The molecule has 0 rings (SSSR count). The van der Waals surface area contributed by atoms with E-state index < -0.39 is 5.97 Å². The van der Waals surface area contributed by atoms with E-state index in [0.29, 0.717) is 11.8 Å². The molecule has 4 heteroatoms. The summed E-state index contributed by atoms with van der Waals surface area (Å²) in [4.78, 5) is 21.8. The number of Topliss-reactive ketones (excluding diaryl/α,β-unsaturated/α-hetero) is 1. The van der Waals surface area contributed by atoms with Crippen LogP contribution in [0.3, 0.4) is 0 Å². The average Bonchev–Trinajstić information content (AvgIpc) is 2.00. The molecule has 0 fully saturated rings. The van der Waals surface area contributed by atoms with Crippen molar-refractivity contribution in [3.63, 3.8) is 0 Å². The van der Waals surface area contributed by atoms with Gasteiger partial charge in [-0.2, -0.15) is 0 Å². The molecule has 0 unspecified atom stereocenters. The van der Waals surface area contributed by atoms with Crippen LogP contribution in [0.25, 0.3) is 0 Å². The Hall–Kier alpha value is -0.903. The number of allylic oxidation sites excluding steroid dienone is 1. The highest BCUT2D eigenvalue weighted by atomic mass is 28.2. The summed E-state index contributed by atoms with van der Waals surface area (Å²) in [5, 5.41) is 0. The van der Waals surface area contributed by atoms with Crippen molar-refractivity contribution in [1.29, 1.82) is 0 Å². The maximum Gasteiger partial charge on any atom is 0.313 e. The fourth-order valence-corrected chi connectivity index (χ4v) is 0.981. The van der Waals surface area contributed by atoms with Crippen LogP contribution in [0, 0.1) is 0 Å². The lowest BCUT2D eigenvalue weighted by Crippen LogP contribution is -2.13. The van der Waals surface area contributed by atoms with E-state index in [9.17, 15) is 9.59 Å². The Kier molecular flexibility index (Phi) is 5.28. The van der Waals surface area contributed by atoms with Gasteiger partial charge in [0.2, 0.25) is 0 Å². The molecule has 0 bridgehead atoms. The van der Waals surface area contributed by atoms with Crippen molar-refractivity contribution in [1.82, 2.24) is 0 Å². The molecule has 0 heterocycles. The Balaban J connectivity index is 3.69. The van der Waals surface area contributed by atoms with E-state index in [0.717, 1.165) is 0 Å². The Bertz CT molecular complexity index is 198. The Morgan fingerprint density at radius 3 is 2.50 bits per heavy atom. The zero-order valence-corrected chi connectivity index (χ0v) is 8.97. The summed E-state index contributed by atoms with van der Waals surface area (Å²) >= 11 is 0. The van der Waals surface area contributed by atoms with Crippen molar-refractivity contribution < 1.29 is 14.3 Å². The van der Waals surface area contributed by atoms with Crippen LogP contribution in [0.5, 0.6) is 0 Å². The van der Waals surface area contributed by atoms with Crippen LogP contribution in [-0.4, -0.2) is 27.5 Å². The number of hydrogen-bond acceptors (Lipinski definition) is 3. The molecule has 0 N–H and O–H groups in total. The molecule has 0 amide bonds. The smallest absolute Gasteiger partial charge is 0.313 e. The quantitative estimate of drug-likeness (QED) is 0.267. The maximum atomic E-state index is 10.9. The van der Waals surface area contributed by atoms with Gasteiger partial charge < -0.3 is 4.74 Å². The first-order valence-corrected chi connectivity index (χ1v) is 6.33. The first-order chi connectivity index (χ1) is 5.57. The molecule has 12 heavy (non-hydrogen) atoms. The Labute approximate surface area is 74.6 Å². The van der Waals surface area contributed by atoms with Crippen molar-refractivity contribution in [2.24, 2.45) is 0 Å². The number of ketones is 1. The molecule has 0 radical (unpaired) electrons. The molecule has 0 aliphatic rings. The van der Waals surface area contributed by atoms with Gasteiger partial charge >= 0.3 is 5.97 Å². The molecule has 0 aromatic heterocycles. The highest BCUT2D eigenvalue weighted by Gasteiger charge is 2.10. The van der Waals surface area contributed by atoms with Gasteiger partial charge in [0.25, 0.3) is 0 Å². The first kappa shape index (κ1) is 11.1. The van der Waals surface area contributed by atoms with Crippen molar-refractivity contribution in [2.45, 2.75) is 19.9 Å². The van der Waals surface area contributed by atoms with E-state index in [1.165, 1.54) is 0 Å². The standard InChI is InChI=1S/C8H14O3Si/c1-6(2)7(9)4-8(10)11-5-12-3/h1,4-5,12H2,2-3H3. The third-order valence-corrected chi connectivity index (χ3v) is 1.86. The summed E-state index contributed by atoms with van der Waals surface area (Å²) < 4.78 is 4.77. The summed E-state index contributed by atoms with van der Waals surface area (Å²) in [6.45, 7) is 7.06. The third-order valence-electron chi connectivity index (χ3n) is 1.25. The van der Waals surface area contributed by atoms with Gasteiger partial charge in [-0.15, -0.1) is 0 Å². The van der Waals surface area contributed by atoms with Crippen LogP contribution in [0.15, 0.2) is 12.2 Å². The van der Waals surface area contributed by atoms with Crippen molar-refractivity contribution in [3.05, 3.63) is 12.2 Å². The zero-order valence-electron chi connectivity index (χ0n) is 7.55. The van der Waals surface area contributed by atoms with Crippen LogP contribution >= 0.6 is 0 Å². The van der Waals surface area contributed by atoms with Crippen molar-refractivity contribution >= 4 is 21.3 Å². The largest absolute Gasteiger partial charge is 0.470 e. The lowest BCUT2D eigenvalue weighted by molar-refractivity contribution is -0.143. The van der Waals surface area contributed by atoms with E-state index in [1.807, 2.05) is 6.55 Å². The molecule has 0 spiro atoms. The van der Waals surface area contributed by atoms with Gasteiger partial charge in [-0.05, 0) is 12.5 Å². The molecule has 0 saturated carbocycles. The van der Waals surface area contributed by atoms with Crippen LogP contribution in [0.1, 0.15) is 13.3 Å². The minimum absolute atomic E-state index is 0.163. The van der Waals surface area contributed by atoms with E-state index in [2.05, 4.69) is 6.58 Å². The van der Waals surface area contributed by atoms with E-state index in [4.69, 9.17) is 4.74 Å². The van der Waals surface area contributed by atoms with Gasteiger partial charge in [0, 0.05) is 0 Å². The molecule has 0 aliphatic heterocycles. The molecule has 0 aromatic rings. The first-order valence-electron chi connectivity index (χ1n) is 3.92. The highest BCUT2D eigenvalue weighted by molar-refractivity contribution is 6.33. The van der Waals surface area contributed by atoms with Gasteiger partial charge in [0.15, 0.2) is 5.78 Å². The lowest BCUT2D eigenvalue weighted by Gasteiger charge is -2.01. The minimum atomic E-state index is -0.433. The zero-order chi connectivity index (χ0) is 9.56. The predicted octanol–water partition coefficient (Wildman–Crippen LogP) is 0.239. The second kappa shape index (κ2) is 5.71. The summed E-state index contributed by atoms with van der Waals surface area (Å²) in [5.74, 6) is -0.671. The number of carbonyl (C=O) groups excluding carboxylic acids is 2. The molecule has 0 atom stereocenters. The average molecular weight is 186 g/mol. The normalized spacial score (nSPS) is 10.2. The highest BCUT2D eigenvalue weighted by Crippen LogP contribution is 1.96. The fourth-order valence-electron chi connectivity index (χ4n) is 0.549. The molecule has 3 nitrogen and oxygen atoms in total. The van der Waals surface area contributed by atoms with Gasteiger partial charge in [0.1, 0.15) is 6.42 Å². The Morgan fingerprint density at radius 1 is 1.50 bits per heavy atom. The predicted molar refractivity (Wildman–Crippen MR) is 49.8 cm³/mol. The summed E-state index contributed by atoms with van der Waals surface area (Å²) in [6.07, 6.45) is 0.353. The summed E-state index contributed by atoms with van der Waals surface area (Å²) in [5.41, 5.74) is 0.403. The topological polar surface area (TPSA) is 43.4 Å². The van der Waals surface area contributed by atoms with Crippen LogP contribution in [-0.2, 0) is 14.3 Å². The van der Waals surface area contributed by atoms with E-state index in [-0.39, 0.29) is 21.7 Å². The number of carbonyl (C=O) groups is 2. The van der Waals surface area contributed by atoms with Gasteiger partial charge in [-0.3, -0.25) is 9.59 Å². The second-order valence-corrected chi connectivity index (χ2v) is 4.01. The molecule has 0 aromatic carbocycles. The number of rotatable bonds is 5. The van der Waals surface area contributed by atoms with Crippen molar-refractivity contribution in [2.75, 3.05) is 6.23 Å². The molecule has 0 aliphatic carbocycles. The molecule has 0 saturated heterocycles. The number of hydrogen-bond donors (Lipinski definition) is 0. The van der Waals surface area contributed by atoms with Gasteiger partial charge in [-0.25, -0.2) is 0 Å². The molecule has 68 valence electrons. The summed E-state index contributed by atoms with van der Waals surface area (Å²) in [6, 6.07) is 0. The minimum Gasteiger partial charge on any atom is -0.470 e. The Morgan fingerprint density at radius 2 is 2.08 bits per heavy atom. The van der Waals surface area contributed by atoms with E-state index in [1.54, 1.807) is 6.92 Å². The maximum absolute atomic E-state index is 10.9. The van der Waals surface area contributed by atoms with Crippen molar-refractivity contribution in [3.8, 4) is 0 Å². The fraction of sp³-hybridized carbons (Fsp3) is 0.500. The van der Waals surface area contributed by atoms with E-state index >= 15 is 0 Å². The number of ether oxygens (including phenoxy) is 1. The monoisotopic (exact) mass is 186 g/mol.